The van der Waals surface area contributed by atoms with E-state index in [0.717, 1.165) is 5.56 Å². The van der Waals surface area contributed by atoms with E-state index in [1.54, 1.807) is 11.8 Å². The third-order valence-electron chi connectivity index (χ3n) is 3.37. The molecule has 0 aromatic heterocycles. The molecule has 1 aromatic carbocycles. The van der Waals surface area contributed by atoms with Gasteiger partial charge in [0.2, 0.25) is 5.91 Å². The van der Waals surface area contributed by atoms with Crippen molar-refractivity contribution in [2.45, 2.75) is 31.7 Å². The van der Waals surface area contributed by atoms with Crippen molar-refractivity contribution in [2.75, 3.05) is 12.8 Å². The molecule has 3 N–H and O–H groups in total. The smallest absolute Gasteiger partial charge is 0.225 e. The van der Waals surface area contributed by atoms with Crippen LogP contribution in [0.1, 0.15) is 32.4 Å². The van der Waals surface area contributed by atoms with Crippen molar-refractivity contribution in [1.82, 2.24) is 5.32 Å². The zero-order valence-corrected chi connectivity index (χ0v) is 13.0. The average molecular weight is 280 g/mol. The van der Waals surface area contributed by atoms with Crippen molar-refractivity contribution in [1.29, 1.82) is 0 Å². The van der Waals surface area contributed by atoms with Gasteiger partial charge in [-0.05, 0) is 36.8 Å². The molecule has 0 aliphatic carbocycles. The molecule has 2 atom stereocenters. The van der Waals surface area contributed by atoms with E-state index in [1.807, 2.05) is 20.8 Å². The molecular weight excluding hydrogens is 256 g/mol. The molecule has 1 aromatic rings. The van der Waals surface area contributed by atoms with E-state index in [9.17, 15) is 4.79 Å². The van der Waals surface area contributed by atoms with Crippen molar-refractivity contribution in [3.05, 3.63) is 29.8 Å². The Kier molecular flexibility index (Phi) is 6.38. The Hall–Kier alpha value is -1.00. The van der Waals surface area contributed by atoms with Crippen LogP contribution in [0.4, 0.5) is 0 Å². The molecule has 3 nitrogen and oxygen atoms in total. The van der Waals surface area contributed by atoms with Gasteiger partial charge in [0, 0.05) is 11.4 Å². The quantitative estimate of drug-likeness (QED) is 0.788. The Morgan fingerprint density at radius 3 is 2.26 bits per heavy atom. The molecule has 106 valence electrons. The highest BCUT2D eigenvalue weighted by atomic mass is 32.2. The molecule has 19 heavy (non-hydrogen) atoms. The standard InChI is InChI=1S/C15H24N2OS/c1-10(2)14(9-16)15(18)17-11(3)12-5-7-13(19-4)8-6-12/h5-8,10-11,14H,9,16H2,1-4H3,(H,17,18). The minimum atomic E-state index is -0.118. The Bertz CT molecular complexity index is 403. The van der Waals surface area contributed by atoms with Crippen molar-refractivity contribution in [3.8, 4) is 0 Å². The second-order valence-electron chi connectivity index (χ2n) is 5.09. The van der Waals surface area contributed by atoms with Gasteiger partial charge in [-0.3, -0.25) is 4.79 Å². The lowest BCUT2D eigenvalue weighted by molar-refractivity contribution is -0.126. The highest BCUT2D eigenvalue weighted by molar-refractivity contribution is 7.98. The summed E-state index contributed by atoms with van der Waals surface area (Å²) in [7, 11) is 0. The second-order valence-corrected chi connectivity index (χ2v) is 5.97. The van der Waals surface area contributed by atoms with E-state index in [1.165, 1.54) is 4.90 Å². The van der Waals surface area contributed by atoms with Crippen molar-refractivity contribution in [2.24, 2.45) is 17.6 Å². The number of carbonyl (C=O) groups excluding carboxylic acids is 1. The van der Waals surface area contributed by atoms with Gasteiger partial charge in [0.05, 0.1) is 12.0 Å². The van der Waals surface area contributed by atoms with Crippen LogP contribution in [-0.4, -0.2) is 18.7 Å². The normalized spacial score (nSPS) is 14.2. The van der Waals surface area contributed by atoms with Gasteiger partial charge >= 0.3 is 0 Å². The van der Waals surface area contributed by atoms with Crippen molar-refractivity contribution in [3.63, 3.8) is 0 Å². The first-order valence-electron chi connectivity index (χ1n) is 6.64. The SMILES string of the molecule is CSc1ccc(C(C)NC(=O)C(CN)C(C)C)cc1. The Morgan fingerprint density at radius 1 is 1.26 bits per heavy atom. The first-order chi connectivity index (χ1) is 8.99. The fourth-order valence-corrected chi connectivity index (χ4v) is 2.39. The van der Waals surface area contributed by atoms with E-state index in [0.29, 0.717) is 6.54 Å². The van der Waals surface area contributed by atoms with Gasteiger partial charge in [0.25, 0.3) is 0 Å². The van der Waals surface area contributed by atoms with Crippen LogP contribution in [0.25, 0.3) is 0 Å². The molecule has 0 aliphatic rings. The summed E-state index contributed by atoms with van der Waals surface area (Å²) in [6.45, 7) is 6.44. The first-order valence-corrected chi connectivity index (χ1v) is 7.86. The van der Waals surface area contributed by atoms with Gasteiger partial charge < -0.3 is 11.1 Å². The minimum absolute atomic E-state index is 0.0104. The summed E-state index contributed by atoms with van der Waals surface area (Å²) in [5.74, 6) is 0.183. The molecule has 1 amide bonds. The first kappa shape index (κ1) is 16.1. The maximum Gasteiger partial charge on any atom is 0.225 e. The van der Waals surface area contributed by atoms with Crippen LogP contribution in [0.3, 0.4) is 0 Å². The van der Waals surface area contributed by atoms with Crippen LogP contribution in [0, 0.1) is 11.8 Å². The van der Waals surface area contributed by atoms with Gasteiger partial charge in [-0.15, -0.1) is 11.8 Å². The topological polar surface area (TPSA) is 55.1 Å². The number of carbonyl (C=O) groups is 1. The number of hydrogen-bond acceptors (Lipinski definition) is 3. The van der Waals surface area contributed by atoms with E-state index in [4.69, 9.17) is 5.73 Å². The van der Waals surface area contributed by atoms with Gasteiger partial charge in [0.1, 0.15) is 0 Å². The number of hydrogen-bond donors (Lipinski definition) is 2. The molecule has 1 rings (SSSR count). The number of rotatable bonds is 6. The van der Waals surface area contributed by atoms with Crippen LogP contribution in [-0.2, 0) is 4.79 Å². The fourth-order valence-electron chi connectivity index (χ4n) is 1.98. The molecule has 0 aliphatic heterocycles. The molecule has 0 heterocycles. The summed E-state index contributed by atoms with van der Waals surface area (Å²) in [6.07, 6.45) is 2.05. The number of amides is 1. The Labute approximate surface area is 120 Å². The van der Waals surface area contributed by atoms with E-state index >= 15 is 0 Å². The molecular formula is C15H24N2OS. The zero-order chi connectivity index (χ0) is 14.4. The van der Waals surface area contributed by atoms with Crippen LogP contribution in [0.2, 0.25) is 0 Å². The summed E-state index contributed by atoms with van der Waals surface area (Å²) in [4.78, 5) is 13.4. The van der Waals surface area contributed by atoms with E-state index in [2.05, 4.69) is 35.8 Å². The third kappa shape index (κ3) is 4.55. The van der Waals surface area contributed by atoms with Gasteiger partial charge in [0.15, 0.2) is 0 Å². The molecule has 4 heteroatoms. The van der Waals surface area contributed by atoms with Crippen LogP contribution in [0.15, 0.2) is 29.2 Å². The lowest BCUT2D eigenvalue weighted by atomic mass is 9.94. The molecule has 0 spiro atoms. The lowest BCUT2D eigenvalue weighted by Crippen LogP contribution is -2.39. The summed E-state index contributed by atoms with van der Waals surface area (Å²) in [6, 6.07) is 8.28. The number of nitrogens with two attached hydrogens (primary N) is 1. The van der Waals surface area contributed by atoms with Crippen LogP contribution in [0.5, 0.6) is 0 Å². The monoisotopic (exact) mass is 280 g/mol. The maximum atomic E-state index is 12.1. The van der Waals surface area contributed by atoms with Crippen molar-refractivity contribution >= 4 is 17.7 Å². The Balaban J connectivity index is 2.67. The highest BCUT2D eigenvalue weighted by Gasteiger charge is 2.22. The largest absolute Gasteiger partial charge is 0.349 e. The fraction of sp³-hybridized carbons (Fsp3) is 0.533. The second kappa shape index (κ2) is 7.56. The molecule has 0 saturated carbocycles. The maximum absolute atomic E-state index is 12.1. The average Bonchev–Trinajstić information content (AvgIpc) is 2.39. The summed E-state index contributed by atoms with van der Waals surface area (Å²) in [5, 5.41) is 3.04. The predicted molar refractivity (Wildman–Crippen MR) is 82.2 cm³/mol. The molecule has 2 unspecified atom stereocenters. The number of thioether (sulfide) groups is 1. The van der Waals surface area contributed by atoms with Crippen LogP contribution >= 0.6 is 11.8 Å². The lowest BCUT2D eigenvalue weighted by Gasteiger charge is -2.22. The van der Waals surface area contributed by atoms with E-state index < -0.39 is 0 Å². The third-order valence-corrected chi connectivity index (χ3v) is 4.11. The zero-order valence-electron chi connectivity index (χ0n) is 12.1. The molecule has 0 radical (unpaired) electrons. The molecule has 0 bridgehead atoms. The molecule has 0 saturated heterocycles. The summed E-state index contributed by atoms with van der Waals surface area (Å²) >= 11 is 1.71. The number of nitrogens with one attached hydrogen (secondary N) is 1. The summed E-state index contributed by atoms with van der Waals surface area (Å²) < 4.78 is 0. The van der Waals surface area contributed by atoms with Gasteiger partial charge in [-0.2, -0.15) is 0 Å². The van der Waals surface area contributed by atoms with Crippen molar-refractivity contribution < 1.29 is 4.79 Å². The van der Waals surface area contributed by atoms with Gasteiger partial charge in [-0.1, -0.05) is 26.0 Å². The predicted octanol–water partition coefficient (Wildman–Crippen LogP) is 2.82. The van der Waals surface area contributed by atoms with Crippen LogP contribution < -0.4 is 11.1 Å². The van der Waals surface area contributed by atoms with E-state index in [-0.39, 0.29) is 23.8 Å². The van der Waals surface area contributed by atoms with Gasteiger partial charge in [-0.25, -0.2) is 0 Å². The number of benzene rings is 1. The Morgan fingerprint density at radius 2 is 1.84 bits per heavy atom. The highest BCUT2D eigenvalue weighted by Crippen LogP contribution is 2.19. The summed E-state index contributed by atoms with van der Waals surface area (Å²) in [5.41, 5.74) is 6.78. The molecule has 0 fully saturated rings. The minimum Gasteiger partial charge on any atom is -0.349 e.